The number of alkyl halides is 3. The van der Waals surface area contributed by atoms with Gasteiger partial charge in [0.1, 0.15) is 5.69 Å². The number of aromatic nitrogens is 2. The van der Waals surface area contributed by atoms with E-state index in [2.05, 4.69) is 15.2 Å². The topological polar surface area (TPSA) is 49.6 Å². The first-order chi connectivity index (χ1) is 12.8. The molecule has 1 amide bonds. The average Bonchev–Trinajstić information content (AvgIpc) is 3.20. The molecule has 1 saturated heterocycles. The maximum atomic E-state index is 13.1. The number of nitrogens with zero attached hydrogens (tertiary/aromatic N) is 3. The molecule has 1 fully saturated rings. The number of aryl methyl sites for hydroxylation is 1. The summed E-state index contributed by atoms with van der Waals surface area (Å²) < 4.78 is 40.3. The molecular formula is C18H22ClF3N4O. The second kappa shape index (κ2) is 8.06. The number of hydrogen-bond acceptors (Lipinski definition) is 3. The van der Waals surface area contributed by atoms with Gasteiger partial charge in [-0.05, 0) is 58.3 Å². The van der Waals surface area contributed by atoms with Gasteiger partial charge in [-0.2, -0.15) is 13.2 Å². The number of carbonyl (C=O) groups is 1. The minimum atomic E-state index is -4.56. The number of carbonyl (C=O) groups excluding carboxylic acids is 1. The van der Waals surface area contributed by atoms with Crippen LogP contribution in [0.1, 0.15) is 47.4 Å². The van der Waals surface area contributed by atoms with Crippen LogP contribution < -0.4 is 5.32 Å². The summed E-state index contributed by atoms with van der Waals surface area (Å²) in [6.45, 7) is 5.32. The minimum Gasteiger partial charge on any atom is -0.351 e. The molecule has 148 valence electrons. The van der Waals surface area contributed by atoms with Crippen molar-refractivity contribution in [3.05, 3.63) is 34.2 Å². The van der Waals surface area contributed by atoms with Crippen LogP contribution in [0, 0.1) is 6.92 Å². The highest BCUT2D eigenvalue weighted by molar-refractivity contribution is 6.33. The van der Waals surface area contributed by atoms with Crippen LogP contribution in [0.5, 0.6) is 0 Å². The fourth-order valence-electron chi connectivity index (χ4n) is 3.40. The van der Waals surface area contributed by atoms with E-state index in [1.165, 1.54) is 12.8 Å². The van der Waals surface area contributed by atoms with Gasteiger partial charge in [0, 0.05) is 12.7 Å². The van der Waals surface area contributed by atoms with E-state index in [-0.39, 0.29) is 16.4 Å². The van der Waals surface area contributed by atoms with Crippen molar-refractivity contribution in [2.24, 2.45) is 0 Å². The second-order valence-electron chi connectivity index (χ2n) is 6.83. The SMILES string of the molecule is Cc1nc2c(Cl)cc(C(F)(F)F)cn2c1C(=O)NCCCCN1CCCC1. The lowest BCUT2D eigenvalue weighted by Gasteiger charge is -2.14. The molecule has 3 heterocycles. The van der Waals surface area contributed by atoms with Crippen molar-refractivity contribution in [3.63, 3.8) is 0 Å². The van der Waals surface area contributed by atoms with E-state index in [1.807, 2.05) is 0 Å². The molecule has 0 saturated carbocycles. The summed E-state index contributed by atoms with van der Waals surface area (Å²) in [5.74, 6) is -0.448. The van der Waals surface area contributed by atoms with E-state index >= 15 is 0 Å². The minimum absolute atomic E-state index is 0.0811. The number of nitrogens with one attached hydrogen (secondary N) is 1. The lowest BCUT2D eigenvalue weighted by molar-refractivity contribution is -0.137. The smallest absolute Gasteiger partial charge is 0.351 e. The van der Waals surface area contributed by atoms with Crippen LogP contribution in [-0.4, -0.2) is 46.4 Å². The highest BCUT2D eigenvalue weighted by Gasteiger charge is 2.32. The van der Waals surface area contributed by atoms with E-state index in [0.717, 1.165) is 49.1 Å². The molecule has 9 heteroatoms. The van der Waals surface area contributed by atoms with Gasteiger partial charge in [0.15, 0.2) is 5.65 Å². The molecule has 3 rings (SSSR count). The average molecular weight is 403 g/mol. The summed E-state index contributed by atoms with van der Waals surface area (Å²) in [6.07, 6.45) is 0.575. The molecule has 0 radical (unpaired) electrons. The van der Waals surface area contributed by atoms with E-state index in [0.29, 0.717) is 12.2 Å². The highest BCUT2D eigenvalue weighted by atomic mass is 35.5. The largest absolute Gasteiger partial charge is 0.417 e. The molecule has 2 aromatic rings. The standard InChI is InChI=1S/C18H22ClF3N4O/c1-12-15(17(27)23-6-2-3-7-25-8-4-5-9-25)26-11-13(18(20,21)22)10-14(19)16(26)24-12/h10-11H,2-9H2,1H3,(H,23,27). The summed E-state index contributed by atoms with van der Waals surface area (Å²) >= 11 is 5.95. The Morgan fingerprint density at radius 2 is 2.00 bits per heavy atom. The Kier molecular flexibility index (Phi) is 5.95. The number of likely N-dealkylation sites (tertiary alicyclic amines) is 1. The van der Waals surface area contributed by atoms with Crippen LogP contribution in [0.25, 0.3) is 5.65 Å². The zero-order valence-corrected chi connectivity index (χ0v) is 15.8. The Balaban J connectivity index is 1.68. The molecule has 0 aliphatic carbocycles. The number of pyridine rings is 1. The predicted octanol–water partition coefficient (Wildman–Crippen LogP) is 3.92. The highest BCUT2D eigenvalue weighted by Crippen LogP contribution is 2.33. The maximum Gasteiger partial charge on any atom is 0.417 e. The van der Waals surface area contributed by atoms with Gasteiger partial charge in [0.2, 0.25) is 0 Å². The fraction of sp³-hybridized carbons (Fsp3) is 0.556. The van der Waals surface area contributed by atoms with Crippen molar-refractivity contribution >= 4 is 23.2 Å². The van der Waals surface area contributed by atoms with Crippen LogP contribution >= 0.6 is 11.6 Å². The molecule has 0 aromatic carbocycles. The Morgan fingerprint density at radius 1 is 1.30 bits per heavy atom. The van der Waals surface area contributed by atoms with Gasteiger partial charge in [-0.15, -0.1) is 0 Å². The lowest BCUT2D eigenvalue weighted by atomic mass is 10.2. The van der Waals surface area contributed by atoms with E-state index in [1.54, 1.807) is 6.92 Å². The summed E-state index contributed by atoms with van der Waals surface area (Å²) in [5, 5.41) is 2.64. The number of halogens is 4. The van der Waals surface area contributed by atoms with E-state index in [4.69, 9.17) is 11.6 Å². The Bertz CT molecular complexity index is 828. The number of amides is 1. The van der Waals surface area contributed by atoms with Gasteiger partial charge in [0.25, 0.3) is 5.91 Å². The molecule has 1 aliphatic heterocycles. The first kappa shape index (κ1) is 19.9. The molecule has 0 spiro atoms. The second-order valence-corrected chi connectivity index (χ2v) is 7.23. The number of hydrogen-bond donors (Lipinski definition) is 1. The number of rotatable bonds is 6. The molecule has 0 atom stereocenters. The van der Waals surface area contributed by atoms with E-state index < -0.39 is 17.6 Å². The molecule has 0 bridgehead atoms. The van der Waals surface area contributed by atoms with Crippen LogP contribution in [0.15, 0.2) is 12.3 Å². The summed E-state index contributed by atoms with van der Waals surface area (Å²) in [4.78, 5) is 19.1. The van der Waals surface area contributed by atoms with Gasteiger partial charge in [-0.25, -0.2) is 4.98 Å². The number of fused-ring (bicyclic) bond motifs is 1. The molecule has 0 unspecified atom stereocenters. The summed E-state index contributed by atoms with van der Waals surface area (Å²) in [7, 11) is 0. The molecular weight excluding hydrogens is 381 g/mol. The quantitative estimate of drug-likeness (QED) is 0.745. The normalized spacial score (nSPS) is 15.6. The van der Waals surface area contributed by atoms with Gasteiger partial charge < -0.3 is 10.2 Å². The molecule has 27 heavy (non-hydrogen) atoms. The third kappa shape index (κ3) is 4.55. The van der Waals surface area contributed by atoms with Crippen molar-refractivity contribution in [1.29, 1.82) is 0 Å². The monoisotopic (exact) mass is 402 g/mol. The summed E-state index contributed by atoms with van der Waals surface area (Å²) in [6, 6.07) is 0.823. The first-order valence-electron chi connectivity index (χ1n) is 9.03. The van der Waals surface area contributed by atoms with Gasteiger partial charge in [-0.3, -0.25) is 9.20 Å². The van der Waals surface area contributed by atoms with Crippen LogP contribution in [0.4, 0.5) is 13.2 Å². The zero-order valence-electron chi connectivity index (χ0n) is 15.1. The van der Waals surface area contributed by atoms with Crippen LogP contribution in [-0.2, 0) is 6.18 Å². The molecule has 5 nitrogen and oxygen atoms in total. The zero-order chi connectivity index (χ0) is 19.6. The Labute approximate surface area is 160 Å². The molecule has 1 aliphatic rings. The predicted molar refractivity (Wildman–Crippen MR) is 97.2 cm³/mol. The van der Waals surface area contributed by atoms with Crippen LogP contribution in [0.3, 0.4) is 0 Å². The molecule has 2 aromatic heterocycles. The summed E-state index contributed by atoms with van der Waals surface area (Å²) in [5.41, 5.74) is -0.359. The van der Waals surface area contributed by atoms with Gasteiger partial charge in [0.05, 0.1) is 16.3 Å². The number of imidazole rings is 1. The van der Waals surface area contributed by atoms with Crippen molar-refractivity contribution in [2.75, 3.05) is 26.2 Å². The lowest BCUT2D eigenvalue weighted by Crippen LogP contribution is -2.27. The van der Waals surface area contributed by atoms with Crippen molar-refractivity contribution in [1.82, 2.24) is 19.6 Å². The van der Waals surface area contributed by atoms with Gasteiger partial charge in [-0.1, -0.05) is 11.6 Å². The van der Waals surface area contributed by atoms with Gasteiger partial charge >= 0.3 is 6.18 Å². The maximum absolute atomic E-state index is 13.1. The van der Waals surface area contributed by atoms with E-state index in [9.17, 15) is 18.0 Å². The van der Waals surface area contributed by atoms with Crippen LogP contribution in [0.2, 0.25) is 5.02 Å². The Hall–Kier alpha value is -1.80. The Morgan fingerprint density at radius 3 is 2.67 bits per heavy atom. The molecule has 1 N–H and O–H groups in total. The van der Waals surface area contributed by atoms with Crippen molar-refractivity contribution in [3.8, 4) is 0 Å². The first-order valence-corrected chi connectivity index (χ1v) is 9.41. The third-order valence-electron chi connectivity index (χ3n) is 4.78. The number of unbranched alkanes of at least 4 members (excludes halogenated alkanes) is 1. The third-order valence-corrected chi connectivity index (χ3v) is 5.06. The van der Waals surface area contributed by atoms with Crippen molar-refractivity contribution < 1.29 is 18.0 Å². The fourth-order valence-corrected chi connectivity index (χ4v) is 3.65. The van der Waals surface area contributed by atoms with Crippen molar-refractivity contribution in [2.45, 2.75) is 38.8 Å².